The Morgan fingerprint density at radius 1 is 1.24 bits per heavy atom. The van der Waals surface area contributed by atoms with E-state index in [9.17, 15) is 0 Å². The van der Waals surface area contributed by atoms with E-state index in [4.69, 9.17) is 19.6 Å². The lowest BCUT2D eigenvalue weighted by molar-refractivity contribution is 0.355. The van der Waals surface area contributed by atoms with Crippen LogP contribution in [0.1, 0.15) is 5.76 Å². The number of methoxy groups -OCH3 is 2. The molecule has 0 amide bonds. The summed E-state index contributed by atoms with van der Waals surface area (Å²) < 4.78 is 15.6. The Balaban J connectivity index is 2.46. The molecule has 0 spiro atoms. The molecule has 1 aromatic carbocycles. The van der Waals surface area contributed by atoms with Crippen LogP contribution in [-0.2, 0) is 6.54 Å². The van der Waals surface area contributed by atoms with Gasteiger partial charge in [-0.3, -0.25) is 0 Å². The topological polar surface area (TPSA) is 70.5 Å². The van der Waals surface area contributed by atoms with Gasteiger partial charge in [0.1, 0.15) is 11.5 Å². The van der Waals surface area contributed by atoms with Crippen LogP contribution in [0.15, 0.2) is 29.0 Å². The minimum Gasteiger partial charge on any atom is -0.493 e. The normalized spacial score (nSPS) is 10.3. The number of hydrogen-bond acceptors (Lipinski definition) is 5. The lowest BCUT2D eigenvalue weighted by Crippen LogP contribution is -1.97. The molecule has 1 aromatic heterocycles. The molecule has 0 saturated heterocycles. The highest BCUT2D eigenvalue weighted by atomic mass is 16.5. The largest absolute Gasteiger partial charge is 0.493 e. The van der Waals surface area contributed by atoms with Gasteiger partial charge in [0.15, 0.2) is 17.9 Å². The Bertz CT molecular complexity index is 508. The second-order valence-electron chi connectivity index (χ2n) is 3.40. The van der Waals surface area contributed by atoms with Crippen molar-refractivity contribution >= 4 is 0 Å². The van der Waals surface area contributed by atoms with E-state index in [0.717, 1.165) is 11.3 Å². The summed E-state index contributed by atoms with van der Waals surface area (Å²) in [5.74, 6) is 1.97. The van der Waals surface area contributed by atoms with Gasteiger partial charge in [0.05, 0.1) is 20.8 Å². The average Bonchev–Trinajstić information content (AvgIpc) is 2.86. The summed E-state index contributed by atoms with van der Waals surface area (Å²) in [6, 6.07) is 5.55. The number of nitrogens with zero attached hydrogens (tertiary/aromatic N) is 1. The molecule has 0 fully saturated rings. The third-order valence-electron chi connectivity index (χ3n) is 2.48. The maximum absolute atomic E-state index is 5.57. The van der Waals surface area contributed by atoms with Gasteiger partial charge in [0.25, 0.3) is 0 Å². The van der Waals surface area contributed by atoms with Crippen molar-refractivity contribution in [2.45, 2.75) is 6.54 Å². The number of hydrogen-bond donors (Lipinski definition) is 1. The van der Waals surface area contributed by atoms with Crippen LogP contribution >= 0.6 is 0 Å². The van der Waals surface area contributed by atoms with Crippen LogP contribution in [0.3, 0.4) is 0 Å². The number of benzene rings is 1. The van der Waals surface area contributed by atoms with Crippen LogP contribution < -0.4 is 15.2 Å². The second-order valence-corrected chi connectivity index (χ2v) is 3.40. The Labute approximate surface area is 99.2 Å². The molecule has 0 atom stereocenters. The fraction of sp³-hybridized carbons (Fsp3) is 0.250. The quantitative estimate of drug-likeness (QED) is 0.873. The highest BCUT2D eigenvalue weighted by molar-refractivity contribution is 5.65. The Morgan fingerprint density at radius 3 is 2.65 bits per heavy atom. The first-order chi connectivity index (χ1) is 8.30. The first-order valence-electron chi connectivity index (χ1n) is 5.15. The monoisotopic (exact) mass is 234 g/mol. The van der Waals surface area contributed by atoms with Gasteiger partial charge in [-0.25, -0.2) is 4.98 Å². The van der Waals surface area contributed by atoms with Crippen molar-refractivity contribution in [3.8, 4) is 22.8 Å². The first-order valence-corrected chi connectivity index (χ1v) is 5.15. The smallest absolute Gasteiger partial charge is 0.181 e. The zero-order valence-electron chi connectivity index (χ0n) is 9.77. The molecular formula is C12H14N2O3. The van der Waals surface area contributed by atoms with Crippen molar-refractivity contribution in [1.29, 1.82) is 0 Å². The highest BCUT2D eigenvalue weighted by Gasteiger charge is 2.12. The van der Waals surface area contributed by atoms with E-state index >= 15 is 0 Å². The average molecular weight is 234 g/mol. The molecule has 5 nitrogen and oxygen atoms in total. The van der Waals surface area contributed by atoms with Gasteiger partial charge in [-0.2, -0.15) is 0 Å². The van der Waals surface area contributed by atoms with Crippen molar-refractivity contribution in [2.75, 3.05) is 14.2 Å². The molecule has 2 aromatic rings. The molecule has 0 bridgehead atoms. The molecule has 0 aliphatic heterocycles. The first kappa shape index (κ1) is 11.5. The van der Waals surface area contributed by atoms with E-state index in [1.165, 1.54) is 6.39 Å². The van der Waals surface area contributed by atoms with E-state index < -0.39 is 0 Å². The fourth-order valence-electron chi connectivity index (χ4n) is 1.63. The lowest BCUT2D eigenvalue weighted by atomic mass is 10.1. The minimum atomic E-state index is 0.309. The maximum Gasteiger partial charge on any atom is 0.181 e. The molecule has 2 N–H and O–H groups in total. The molecule has 90 valence electrons. The van der Waals surface area contributed by atoms with E-state index in [1.54, 1.807) is 14.2 Å². The van der Waals surface area contributed by atoms with Crippen molar-refractivity contribution < 1.29 is 13.9 Å². The molecule has 2 rings (SSSR count). The Hall–Kier alpha value is -2.01. The van der Waals surface area contributed by atoms with Gasteiger partial charge in [-0.1, -0.05) is 0 Å². The van der Waals surface area contributed by atoms with Crippen LogP contribution in [-0.4, -0.2) is 19.2 Å². The molecule has 17 heavy (non-hydrogen) atoms. The zero-order chi connectivity index (χ0) is 12.3. The molecule has 0 aliphatic rings. The van der Waals surface area contributed by atoms with Gasteiger partial charge in [-0.05, 0) is 18.2 Å². The Kier molecular flexibility index (Phi) is 3.30. The molecule has 0 saturated carbocycles. The van der Waals surface area contributed by atoms with E-state index in [2.05, 4.69) is 4.98 Å². The van der Waals surface area contributed by atoms with E-state index in [-0.39, 0.29) is 0 Å². The number of nitrogens with two attached hydrogens (primary N) is 1. The second kappa shape index (κ2) is 4.88. The summed E-state index contributed by atoms with van der Waals surface area (Å²) >= 11 is 0. The summed E-state index contributed by atoms with van der Waals surface area (Å²) in [6.45, 7) is 0.309. The standard InChI is InChI=1S/C12H14N2O3/c1-15-9-4-3-8(5-10(9)16-2)12-11(6-13)17-7-14-12/h3-5,7H,6,13H2,1-2H3. The van der Waals surface area contributed by atoms with Gasteiger partial charge in [-0.15, -0.1) is 0 Å². The van der Waals surface area contributed by atoms with Crippen LogP contribution in [0.25, 0.3) is 11.3 Å². The molecule has 1 heterocycles. The van der Waals surface area contributed by atoms with Crippen LogP contribution in [0, 0.1) is 0 Å². The van der Waals surface area contributed by atoms with Crippen molar-refractivity contribution in [3.05, 3.63) is 30.4 Å². The Morgan fingerprint density at radius 2 is 2.00 bits per heavy atom. The fourth-order valence-corrected chi connectivity index (χ4v) is 1.63. The lowest BCUT2D eigenvalue weighted by Gasteiger charge is -2.08. The molecule has 0 unspecified atom stereocenters. The van der Waals surface area contributed by atoms with Gasteiger partial charge >= 0.3 is 0 Å². The summed E-state index contributed by atoms with van der Waals surface area (Å²) in [7, 11) is 3.19. The zero-order valence-corrected chi connectivity index (χ0v) is 9.77. The van der Waals surface area contributed by atoms with Crippen LogP contribution in [0.5, 0.6) is 11.5 Å². The molecular weight excluding hydrogens is 220 g/mol. The minimum absolute atomic E-state index is 0.309. The molecule has 0 aliphatic carbocycles. The number of ether oxygens (including phenoxy) is 2. The van der Waals surface area contributed by atoms with Gasteiger partial charge in [0, 0.05) is 5.56 Å². The SMILES string of the molecule is COc1ccc(-c2ncoc2CN)cc1OC. The molecule has 5 heteroatoms. The predicted octanol–water partition coefficient (Wildman–Crippen LogP) is 1.82. The van der Waals surface area contributed by atoms with Crippen molar-refractivity contribution in [3.63, 3.8) is 0 Å². The molecule has 0 radical (unpaired) electrons. The summed E-state index contributed by atoms with van der Waals surface area (Å²) in [5.41, 5.74) is 7.19. The third-order valence-corrected chi connectivity index (χ3v) is 2.48. The number of aromatic nitrogens is 1. The third kappa shape index (κ3) is 2.09. The van der Waals surface area contributed by atoms with Crippen LogP contribution in [0.2, 0.25) is 0 Å². The van der Waals surface area contributed by atoms with Crippen LogP contribution in [0.4, 0.5) is 0 Å². The van der Waals surface area contributed by atoms with Gasteiger partial charge in [0.2, 0.25) is 0 Å². The maximum atomic E-state index is 5.57. The van der Waals surface area contributed by atoms with Gasteiger partial charge < -0.3 is 19.6 Å². The summed E-state index contributed by atoms with van der Waals surface area (Å²) in [4.78, 5) is 4.15. The number of oxazole rings is 1. The highest BCUT2D eigenvalue weighted by Crippen LogP contribution is 2.32. The predicted molar refractivity (Wildman–Crippen MR) is 62.9 cm³/mol. The van der Waals surface area contributed by atoms with Crippen molar-refractivity contribution in [2.24, 2.45) is 5.73 Å². The number of rotatable bonds is 4. The summed E-state index contributed by atoms with van der Waals surface area (Å²) in [5, 5.41) is 0. The van der Waals surface area contributed by atoms with Crippen molar-refractivity contribution in [1.82, 2.24) is 4.98 Å². The van der Waals surface area contributed by atoms with E-state index in [1.807, 2.05) is 18.2 Å². The summed E-state index contributed by atoms with van der Waals surface area (Å²) in [6.07, 6.45) is 1.38. The van der Waals surface area contributed by atoms with E-state index in [0.29, 0.717) is 23.8 Å².